The number of hydrogen-bond acceptors (Lipinski definition) is 1. The Morgan fingerprint density at radius 2 is 2.00 bits per heavy atom. The quantitative estimate of drug-likeness (QED) is 0.668. The van der Waals surface area contributed by atoms with Gasteiger partial charge in [-0.3, -0.25) is 4.79 Å². The van der Waals surface area contributed by atoms with Crippen molar-refractivity contribution in [2.45, 2.75) is 46.5 Å². The van der Waals surface area contributed by atoms with Gasteiger partial charge in [-0.05, 0) is 12.3 Å². The topological polar surface area (TPSA) is 37.3 Å². The maximum absolute atomic E-state index is 10.6. The summed E-state index contributed by atoms with van der Waals surface area (Å²) in [7, 11) is 0. The fourth-order valence-electron chi connectivity index (χ4n) is 1.50. The molecule has 2 heteroatoms. The van der Waals surface area contributed by atoms with Gasteiger partial charge in [-0.15, -0.1) is 0 Å². The minimum absolute atomic E-state index is 0.179. The molecule has 0 fully saturated rings. The normalized spacial score (nSPS) is 15.6. The number of carboxylic acid groups (broad SMARTS) is 1. The van der Waals surface area contributed by atoms with Crippen LogP contribution in [0.25, 0.3) is 0 Å². The highest BCUT2D eigenvalue weighted by molar-refractivity contribution is 5.69. The third kappa shape index (κ3) is 4.37. The Kier molecular flexibility index (Phi) is 5.77. The van der Waals surface area contributed by atoms with E-state index >= 15 is 0 Å². The van der Waals surface area contributed by atoms with Crippen LogP contribution < -0.4 is 0 Å². The average Bonchev–Trinajstić information content (AvgIpc) is 2.03. The number of carboxylic acids is 1. The molecule has 0 aromatic heterocycles. The van der Waals surface area contributed by atoms with E-state index in [0.29, 0.717) is 5.92 Å². The van der Waals surface area contributed by atoms with Crippen LogP contribution in [0.2, 0.25) is 0 Å². The van der Waals surface area contributed by atoms with Crippen LogP contribution in [-0.4, -0.2) is 11.1 Å². The monoisotopic (exact) mass is 172 g/mol. The van der Waals surface area contributed by atoms with E-state index in [1.807, 2.05) is 0 Å². The lowest BCUT2D eigenvalue weighted by molar-refractivity contribution is -0.141. The SMILES string of the molecule is CCCC(CC)CC(C)C(=O)O. The molecule has 0 saturated heterocycles. The molecule has 0 aromatic carbocycles. The number of hydrogen-bond donors (Lipinski definition) is 1. The van der Waals surface area contributed by atoms with E-state index in [0.717, 1.165) is 25.7 Å². The lowest BCUT2D eigenvalue weighted by atomic mass is 9.90. The van der Waals surface area contributed by atoms with E-state index in [1.54, 1.807) is 6.92 Å². The standard InChI is InChI=1S/C10H20O2/c1-4-6-9(5-2)7-8(3)10(11)12/h8-9H,4-7H2,1-3H3,(H,11,12). The van der Waals surface area contributed by atoms with Crippen molar-refractivity contribution in [1.29, 1.82) is 0 Å². The summed E-state index contributed by atoms with van der Waals surface area (Å²) in [6.45, 7) is 6.07. The summed E-state index contributed by atoms with van der Waals surface area (Å²) < 4.78 is 0. The Morgan fingerprint density at radius 3 is 2.33 bits per heavy atom. The largest absolute Gasteiger partial charge is 0.481 e. The molecule has 1 N–H and O–H groups in total. The summed E-state index contributed by atoms with van der Waals surface area (Å²) >= 11 is 0. The second-order valence-electron chi connectivity index (χ2n) is 3.54. The Morgan fingerprint density at radius 1 is 1.42 bits per heavy atom. The van der Waals surface area contributed by atoms with Crippen LogP contribution in [0.5, 0.6) is 0 Å². The fraction of sp³-hybridized carbons (Fsp3) is 0.900. The van der Waals surface area contributed by atoms with E-state index in [2.05, 4.69) is 13.8 Å². The first-order valence-electron chi connectivity index (χ1n) is 4.84. The van der Waals surface area contributed by atoms with Crippen LogP contribution in [0.4, 0.5) is 0 Å². The maximum Gasteiger partial charge on any atom is 0.306 e. The van der Waals surface area contributed by atoms with Crippen molar-refractivity contribution in [3.8, 4) is 0 Å². The highest BCUT2D eigenvalue weighted by Crippen LogP contribution is 2.20. The molecular formula is C10H20O2. The van der Waals surface area contributed by atoms with Gasteiger partial charge in [-0.25, -0.2) is 0 Å². The van der Waals surface area contributed by atoms with Crippen LogP contribution in [0.15, 0.2) is 0 Å². The lowest BCUT2D eigenvalue weighted by Crippen LogP contribution is -2.14. The molecule has 12 heavy (non-hydrogen) atoms. The molecule has 0 aromatic rings. The molecule has 0 aliphatic carbocycles. The van der Waals surface area contributed by atoms with E-state index in [-0.39, 0.29) is 5.92 Å². The molecule has 0 amide bonds. The molecule has 0 aliphatic rings. The predicted molar refractivity (Wildman–Crippen MR) is 50.1 cm³/mol. The first kappa shape index (κ1) is 11.5. The molecule has 0 heterocycles. The summed E-state index contributed by atoms with van der Waals surface area (Å²) in [6.07, 6.45) is 4.25. The Bertz CT molecular complexity index is 132. The van der Waals surface area contributed by atoms with Crippen molar-refractivity contribution in [2.75, 3.05) is 0 Å². The molecule has 2 nitrogen and oxygen atoms in total. The molecule has 0 bridgehead atoms. The lowest BCUT2D eigenvalue weighted by Gasteiger charge is -2.15. The Labute approximate surface area is 75.0 Å². The maximum atomic E-state index is 10.6. The van der Waals surface area contributed by atoms with Crippen molar-refractivity contribution >= 4 is 5.97 Å². The van der Waals surface area contributed by atoms with Gasteiger partial charge >= 0.3 is 5.97 Å². The molecule has 2 atom stereocenters. The summed E-state index contributed by atoms with van der Waals surface area (Å²) in [6, 6.07) is 0. The van der Waals surface area contributed by atoms with Gasteiger partial charge in [0.15, 0.2) is 0 Å². The van der Waals surface area contributed by atoms with E-state index in [9.17, 15) is 4.79 Å². The smallest absolute Gasteiger partial charge is 0.306 e. The van der Waals surface area contributed by atoms with Gasteiger partial charge in [0.2, 0.25) is 0 Å². The number of aliphatic carboxylic acids is 1. The molecular weight excluding hydrogens is 152 g/mol. The fourth-order valence-corrected chi connectivity index (χ4v) is 1.50. The van der Waals surface area contributed by atoms with E-state index in [4.69, 9.17) is 5.11 Å². The predicted octanol–water partition coefficient (Wildman–Crippen LogP) is 2.92. The second kappa shape index (κ2) is 6.04. The van der Waals surface area contributed by atoms with Gasteiger partial charge < -0.3 is 5.11 Å². The first-order chi connectivity index (χ1) is 5.61. The molecule has 2 unspecified atom stereocenters. The number of carbonyl (C=O) groups is 1. The summed E-state index contributed by atoms with van der Waals surface area (Å²) in [4.78, 5) is 10.6. The van der Waals surface area contributed by atoms with Gasteiger partial charge in [0.25, 0.3) is 0 Å². The average molecular weight is 172 g/mol. The van der Waals surface area contributed by atoms with Crippen molar-refractivity contribution < 1.29 is 9.90 Å². The van der Waals surface area contributed by atoms with Gasteiger partial charge in [0.05, 0.1) is 5.92 Å². The van der Waals surface area contributed by atoms with E-state index in [1.165, 1.54) is 0 Å². The van der Waals surface area contributed by atoms with Crippen LogP contribution in [0, 0.1) is 11.8 Å². The zero-order valence-electron chi connectivity index (χ0n) is 8.34. The van der Waals surface area contributed by atoms with Gasteiger partial charge in [-0.2, -0.15) is 0 Å². The van der Waals surface area contributed by atoms with Crippen LogP contribution in [-0.2, 0) is 4.79 Å². The highest BCUT2D eigenvalue weighted by atomic mass is 16.4. The van der Waals surface area contributed by atoms with Gasteiger partial charge in [-0.1, -0.05) is 40.0 Å². The van der Waals surface area contributed by atoms with Crippen LogP contribution >= 0.6 is 0 Å². The third-order valence-electron chi connectivity index (χ3n) is 2.38. The van der Waals surface area contributed by atoms with E-state index < -0.39 is 5.97 Å². The van der Waals surface area contributed by atoms with Crippen molar-refractivity contribution in [2.24, 2.45) is 11.8 Å². The minimum atomic E-state index is -0.662. The van der Waals surface area contributed by atoms with Gasteiger partial charge in [0, 0.05) is 0 Å². The molecule has 0 spiro atoms. The summed E-state index contributed by atoms with van der Waals surface area (Å²) in [5, 5.41) is 8.69. The second-order valence-corrected chi connectivity index (χ2v) is 3.54. The minimum Gasteiger partial charge on any atom is -0.481 e. The zero-order chi connectivity index (χ0) is 9.56. The molecule has 0 saturated carbocycles. The Hall–Kier alpha value is -0.530. The third-order valence-corrected chi connectivity index (χ3v) is 2.38. The summed E-state index contributed by atoms with van der Waals surface area (Å²) in [5.74, 6) is -0.243. The van der Waals surface area contributed by atoms with Crippen LogP contribution in [0.1, 0.15) is 46.5 Å². The van der Waals surface area contributed by atoms with Gasteiger partial charge in [0.1, 0.15) is 0 Å². The molecule has 0 rings (SSSR count). The van der Waals surface area contributed by atoms with Crippen LogP contribution in [0.3, 0.4) is 0 Å². The summed E-state index contributed by atoms with van der Waals surface area (Å²) in [5.41, 5.74) is 0. The van der Waals surface area contributed by atoms with Crippen molar-refractivity contribution in [1.82, 2.24) is 0 Å². The zero-order valence-corrected chi connectivity index (χ0v) is 8.34. The molecule has 0 radical (unpaired) electrons. The first-order valence-corrected chi connectivity index (χ1v) is 4.84. The molecule has 72 valence electrons. The molecule has 0 aliphatic heterocycles. The van der Waals surface area contributed by atoms with Crippen molar-refractivity contribution in [3.05, 3.63) is 0 Å². The number of rotatable bonds is 6. The Balaban J connectivity index is 3.76. The highest BCUT2D eigenvalue weighted by Gasteiger charge is 2.15. The van der Waals surface area contributed by atoms with Crippen molar-refractivity contribution in [3.63, 3.8) is 0 Å².